The van der Waals surface area contributed by atoms with Gasteiger partial charge in [-0.3, -0.25) is 4.79 Å². The Kier molecular flexibility index (Phi) is 3.14. The summed E-state index contributed by atoms with van der Waals surface area (Å²) in [6.07, 6.45) is 4.89. The fraction of sp³-hybridized carbons (Fsp3) is 0.529. The Balaban J connectivity index is 1.82. The standard InChI is InChI=1S/C17H19NO/c1-11-6-2-3-7-12(11)15(10-18)17(19)16-13-8-4-5-9-14(13)16/h2-3,6-7,13-16H,4-5,8-9H2,1H3. The predicted octanol–water partition coefficient (Wildman–Crippen LogP) is 3.61. The van der Waals surface area contributed by atoms with E-state index in [-0.39, 0.29) is 11.7 Å². The Bertz CT molecular complexity index is 530. The number of Topliss-reactive ketones (excluding diaryl/α,β-unsaturated/α-hetero) is 1. The van der Waals surface area contributed by atoms with Crippen molar-refractivity contribution in [2.45, 2.75) is 38.5 Å². The van der Waals surface area contributed by atoms with Gasteiger partial charge >= 0.3 is 0 Å². The van der Waals surface area contributed by atoms with Crippen LogP contribution in [0.4, 0.5) is 0 Å². The normalized spacial score (nSPS) is 30.0. The number of hydrogen-bond donors (Lipinski definition) is 0. The molecule has 2 aliphatic rings. The molecule has 19 heavy (non-hydrogen) atoms. The summed E-state index contributed by atoms with van der Waals surface area (Å²) in [5.41, 5.74) is 1.95. The zero-order valence-corrected chi connectivity index (χ0v) is 11.3. The summed E-state index contributed by atoms with van der Waals surface area (Å²) < 4.78 is 0. The summed E-state index contributed by atoms with van der Waals surface area (Å²) in [4.78, 5) is 12.6. The molecule has 0 heterocycles. The minimum atomic E-state index is -0.559. The second-order valence-corrected chi connectivity index (χ2v) is 5.96. The van der Waals surface area contributed by atoms with Gasteiger partial charge in [0, 0.05) is 5.92 Å². The van der Waals surface area contributed by atoms with E-state index in [1.165, 1.54) is 25.7 Å². The minimum absolute atomic E-state index is 0.173. The molecule has 1 aromatic carbocycles. The third kappa shape index (κ3) is 2.08. The molecule has 3 atom stereocenters. The number of carbonyl (C=O) groups is 1. The van der Waals surface area contributed by atoms with Gasteiger partial charge < -0.3 is 0 Å². The Labute approximate surface area is 114 Å². The second kappa shape index (κ2) is 4.81. The van der Waals surface area contributed by atoms with E-state index < -0.39 is 5.92 Å². The maximum Gasteiger partial charge on any atom is 0.158 e. The van der Waals surface area contributed by atoms with Crippen molar-refractivity contribution in [2.24, 2.45) is 17.8 Å². The molecule has 1 aromatic rings. The third-order valence-electron chi connectivity index (χ3n) is 4.90. The molecular formula is C17H19NO. The van der Waals surface area contributed by atoms with Crippen molar-refractivity contribution in [3.63, 3.8) is 0 Å². The number of carbonyl (C=O) groups excluding carboxylic acids is 1. The van der Waals surface area contributed by atoms with Crippen molar-refractivity contribution < 1.29 is 4.79 Å². The molecule has 3 rings (SSSR count). The average molecular weight is 253 g/mol. The molecule has 0 radical (unpaired) electrons. The Hall–Kier alpha value is -1.62. The fourth-order valence-corrected chi connectivity index (χ4v) is 3.80. The van der Waals surface area contributed by atoms with Gasteiger partial charge in [0.2, 0.25) is 0 Å². The van der Waals surface area contributed by atoms with Crippen molar-refractivity contribution >= 4 is 5.78 Å². The minimum Gasteiger partial charge on any atom is -0.298 e. The third-order valence-corrected chi connectivity index (χ3v) is 4.90. The topological polar surface area (TPSA) is 40.9 Å². The highest BCUT2D eigenvalue weighted by atomic mass is 16.1. The van der Waals surface area contributed by atoms with Crippen molar-refractivity contribution in [3.8, 4) is 6.07 Å². The van der Waals surface area contributed by atoms with Gasteiger partial charge in [-0.2, -0.15) is 5.26 Å². The monoisotopic (exact) mass is 253 g/mol. The van der Waals surface area contributed by atoms with Crippen LogP contribution in [0.15, 0.2) is 24.3 Å². The largest absolute Gasteiger partial charge is 0.298 e. The number of rotatable bonds is 3. The summed E-state index contributed by atoms with van der Waals surface area (Å²) in [5.74, 6) is 0.958. The molecule has 0 spiro atoms. The number of hydrogen-bond acceptors (Lipinski definition) is 2. The van der Waals surface area contributed by atoms with E-state index in [1.807, 2.05) is 31.2 Å². The summed E-state index contributed by atoms with van der Waals surface area (Å²) in [5, 5.41) is 9.41. The van der Waals surface area contributed by atoms with Crippen LogP contribution in [-0.4, -0.2) is 5.78 Å². The first-order valence-corrected chi connectivity index (χ1v) is 7.23. The van der Waals surface area contributed by atoms with E-state index in [9.17, 15) is 10.1 Å². The maximum atomic E-state index is 12.6. The molecule has 2 heteroatoms. The van der Waals surface area contributed by atoms with E-state index in [1.54, 1.807) is 0 Å². The van der Waals surface area contributed by atoms with Gasteiger partial charge in [0.15, 0.2) is 5.78 Å². The van der Waals surface area contributed by atoms with E-state index in [2.05, 4.69) is 6.07 Å². The van der Waals surface area contributed by atoms with Crippen LogP contribution in [0.2, 0.25) is 0 Å². The van der Waals surface area contributed by atoms with Crippen LogP contribution < -0.4 is 0 Å². The predicted molar refractivity (Wildman–Crippen MR) is 73.5 cm³/mol. The Morgan fingerprint density at radius 1 is 1.26 bits per heavy atom. The highest BCUT2D eigenvalue weighted by Crippen LogP contribution is 2.57. The van der Waals surface area contributed by atoms with E-state index in [0.717, 1.165) is 11.1 Å². The molecule has 0 amide bonds. The quantitative estimate of drug-likeness (QED) is 0.825. The molecule has 2 saturated carbocycles. The van der Waals surface area contributed by atoms with Gasteiger partial charge in [-0.25, -0.2) is 0 Å². The highest BCUT2D eigenvalue weighted by Gasteiger charge is 2.55. The lowest BCUT2D eigenvalue weighted by Gasteiger charge is -2.11. The first-order valence-electron chi connectivity index (χ1n) is 7.23. The first-order chi connectivity index (χ1) is 9.24. The van der Waals surface area contributed by atoms with Crippen molar-refractivity contribution in [3.05, 3.63) is 35.4 Å². The van der Waals surface area contributed by atoms with Gasteiger partial charge in [-0.05, 0) is 42.7 Å². The van der Waals surface area contributed by atoms with Gasteiger partial charge in [0.1, 0.15) is 5.92 Å². The Morgan fingerprint density at radius 3 is 2.47 bits per heavy atom. The van der Waals surface area contributed by atoms with Crippen LogP contribution >= 0.6 is 0 Å². The number of nitrogens with zero attached hydrogens (tertiary/aromatic N) is 1. The molecular weight excluding hydrogens is 234 g/mol. The zero-order valence-electron chi connectivity index (χ0n) is 11.3. The zero-order chi connectivity index (χ0) is 13.4. The van der Waals surface area contributed by atoms with E-state index >= 15 is 0 Å². The molecule has 0 aliphatic heterocycles. The molecule has 2 aliphatic carbocycles. The van der Waals surface area contributed by atoms with Crippen LogP contribution in [0.1, 0.15) is 42.7 Å². The lowest BCUT2D eigenvalue weighted by atomic mass is 9.89. The fourth-order valence-electron chi connectivity index (χ4n) is 3.80. The smallest absolute Gasteiger partial charge is 0.158 e. The first kappa shape index (κ1) is 12.4. The number of benzene rings is 1. The van der Waals surface area contributed by atoms with E-state index in [4.69, 9.17) is 0 Å². The van der Waals surface area contributed by atoms with Gasteiger partial charge in [-0.15, -0.1) is 0 Å². The molecule has 0 bridgehead atoms. The van der Waals surface area contributed by atoms with E-state index in [0.29, 0.717) is 11.8 Å². The van der Waals surface area contributed by atoms with Gasteiger partial charge in [0.05, 0.1) is 6.07 Å². The van der Waals surface area contributed by atoms with Crippen LogP contribution in [0, 0.1) is 36.0 Å². The SMILES string of the molecule is Cc1ccccc1C(C#N)C(=O)C1C2CCCCC21. The lowest BCUT2D eigenvalue weighted by molar-refractivity contribution is -0.121. The van der Waals surface area contributed by atoms with Crippen LogP contribution in [0.25, 0.3) is 0 Å². The molecule has 98 valence electrons. The Morgan fingerprint density at radius 2 is 1.89 bits per heavy atom. The second-order valence-electron chi connectivity index (χ2n) is 5.96. The summed E-state index contributed by atoms with van der Waals surface area (Å²) in [7, 11) is 0. The average Bonchev–Trinajstić information content (AvgIpc) is 3.16. The lowest BCUT2D eigenvalue weighted by Crippen LogP contribution is -2.15. The van der Waals surface area contributed by atoms with Crippen molar-refractivity contribution in [1.29, 1.82) is 5.26 Å². The summed E-state index contributed by atoms with van der Waals surface area (Å²) >= 11 is 0. The number of ketones is 1. The number of aryl methyl sites for hydroxylation is 1. The molecule has 3 unspecified atom stereocenters. The van der Waals surface area contributed by atoms with Gasteiger partial charge in [-0.1, -0.05) is 37.1 Å². The molecule has 0 aromatic heterocycles. The summed E-state index contributed by atoms with van der Waals surface area (Å²) in [6, 6.07) is 10.0. The molecule has 0 saturated heterocycles. The van der Waals surface area contributed by atoms with Crippen LogP contribution in [-0.2, 0) is 4.79 Å². The van der Waals surface area contributed by atoms with Crippen LogP contribution in [0.5, 0.6) is 0 Å². The number of nitriles is 1. The van der Waals surface area contributed by atoms with Crippen molar-refractivity contribution in [2.75, 3.05) is 0 Å². The summed E-state index contributed by atoms with van der Waals surface area (Å²) in [6.45, 7) is 1.98. The van der Waals surface area contributed by atoms with Crippen LogP contribution in [0.3, 0.4) is 0 Å². The molecule has 2 fully saturated rings. The maximum absolute atomic E-state index is 12.6. The number of fused-ring (bicyclic) bond motifs is 1. The van der Waals surface area contributed by atoms with Gasteiger partial charge in [0.25, 0.3) is 0 Å². The molecule has 2 nitrogen and oxygen atoms in total. The van der Waals surface area contributed by atoms with Crippen molar-refractivity contribution in [1.82, 2.24) is 0 Å². The highest BCUT2D eigenvalue weighted by molar-refractivity contribution is 5.93. The molecule has 0 N–H and O–H groups in total.